The van der Waals surface area contributed by atoms with Crippen molar-refractivity contribution in [1.29, 1.82) is 0 Å². The fourth-order valence-electron chi connectivity index (χ4n) is 4.78. The first-order chi connectivity index (χ1) is 25.0. The third-order valence-electron chi connectivity index (χ3n) is 7.78. The number of nitrogens with two attached hydrogens (primary N) is 3. The number of hydrogen-bond donors (Lipinski definition) is 11. The number of nitrogens with one attached hydrogen (secondary N) is 6. The van der Waals surface area contributed by atoms with Crippen molar-refractivity contribution in [3.8, 4) is 0 Å². The van der Waals surface area contributed by atoms with E-state index in [0.717, 1.165) is 0 Å². The van der Waals surface area contributed by atoms with E-state index in [-0.39, 0.29) is 32.2 Å². The number of primary amides is 1. The first-order valence-electron chi connectivity index (χ1n) is 17.0. The Morgan fingerprint density at radius 3 is 1.60 bits per heavy atom. The topological polar surface area (TPSA) is 344 Å². The molecule has 0 aromatic heterocycles. The van der Waals surface area contributed by atoms with E-state index >= 15 is 0 Å². The zero-order valence-corrected chi connectivity index (χ0v) is 29.7. The lowest BCUT2D eigenvalue weighted by Gasteiger charge is -2.26. The van der Waals surface area contributed by atoms with Gasteiger partial charge in [-0.3, -0.25) is 38.4 Å². The largest absolute Gasteiger partial charge is 0.481 e. The second-order valence-corrected chi connectivity index (χ2v) is 12.2. The van der Waals surface area contributed by atoms with Crippen molar-refractivity contribution in [1.82, 2.24) is 31.9 Å². The van der Waals surface area contributed by atoms with Crippen molar-refractivity contribution in [2.75, 3.05) is 13.1 Å². The third-order valence-corrected chi connectivity index (χ3v) is 7.78. The average molecular weight is 750 g/mol. The number of carbonyl (C=O) groups excluding carboxylic acids is 7. The molecule has 20 heteroatoms. The maximum absolute atomic E-state index is 13.5. The SMILES string of the molecule is C[C@H](NC(=O)[C@H](C)NC(=O)[C@H](CCC(N)=O)NC(=O)CN)C(=O)N[C@@H](CCCCN)C(=O)N[C@@H](CCC(=O)O)C(=O)N[C@@H](Cc1ccccc1)C(=O)O. The van der Waals surface area contributed by atoms with Gasteiger partial charge >= 0.3 is 11.9 Å². The average Bonchev–Trinajstić information content (AvgIpc) is 3.10. The molecular weight excluding hydrogens is 698 g/mol. The molecule has 1 rings (SSSR count). The van der Waals surface area contributed by atoms with Gasteiger partial charge in [0, 0.05) is 19.3 Å². The maximum atomic E-state index is 13.5. The lowest BCUT2D eigenvalue weighted by atomic mass is 10.0. The zero-order valence-electron chi connectivity index (χ0n) is 29.7. The van der Waals surface area contributed by atoms with Gasteiger partial charge in [0.05, 0.1) is 6.54 Å². The lowest BCUT2D eigenvalue weighted by molar-refractivity contribution is -0.143. The molecule has 20 nitrogen and oxygen atoms in total. The van der Waals surface area contributed by atoms with E-state index in [1.165, 1.54) is 13.8 Å². The molecule has 7 amide bonds. The molecule has 1 aromatic rings. The first kappa shape index (κ1) is 45.4. The van der Waals surface area contributed by atoms with E-state index in [2.05, 4.69) is 31.9 Å². The van der Waals surface area contributed by atoms with E-state index in [1.54, 1.807) is 30.3 Å². The van der Waals surface area contributed by atoms with Crippen molar-refractivity contribution < 1.29 is 53.4 Å². The summed E-state index contributed by atoms with van der Waals surface area (Å²) >= 11 is 0. The van der Waals surface area contributed by atoms with Crippen LogP contribution in [0.5, 0.6) is 0 Å². The summed E-state index contributed by atoms with van der Waals surface area (Å²) < 4.78 is 0. The van der Waals surface area contributed by atoms with Gasteiger partial charge in [0.2, 0.25) is 41.4 Å². The van der Waals surface area contributed by atoms with Gasteiger partial charge in [0.25, 0.3) is 0 Å². The minimum absolute atomic E-state index is 0.0299. The molecule has 0 unspecified atom stereocenters. The van der Waals surface area contributed by atoms with Crippen LogP contribution < -0.4 is 49.1 Å². The standard InChI is InChI=1S/C33H51N9O11/c1-18(38-30(49)22(11-13-25(36)43)39-26(44)17-35)28(47)37-19(2)29(48)40-21(10-6-7-15-34)31(50)41-23(12-14-27(45)46)32(51)42-24(33(52)53)16-20-8-4-3-5-9-20/h3-5,8-9,18-19,21-24H,6-7,10-17,34-35H2,1-2H3,(H2,36,43)(H,37,47)(H,38,49)(H,39,44)(H,40,48)(H,41,50)(H,42,51)(H,45,46)(H,52,53)/t18-,19-,21-,22-,23-,24-/m0/s1. The van der Waals surface area contributed by atoms with Crippen LogP contribution in [0.3, 0.4) is 0 Å². The van der Waals surface area contributed by atoms with Crippen LogP contribution in [0.1, 0.15) is 64.4 Å². The molecular formula is C33H51N9O11. The number of rotatable bonds is 25. The smallest absolute Gasteiger partial charge is 0.326 e. The molecule has 53 heavy (non-hydrogen) atoms. The molecule has 0 saturated carbocycles. The monoisotopic (exact) mass is 749 g/mol. The summed E-state index contributed by atoms with van der Waals surface area (Å²) in [6.45, 7) is 2.42. The van der Waals surface area contributed by atoms with Crippen LogP contribution in [0.15, 0.2) is 30.3 Å². The Kier molecular flexibility index (Phi) is 20.4. The van der Waals surface area contributed by atoms with Gasteiger partial charge in [0.1, 0.15) is 36.3 Å². The van der Waals surface area contributed by atoms with Crippen molar-refractivity contribution >= 4 is 53.3 Å². The number of unbranched alkanes of at least 4 members (excludes halogenated alkanes) is 1. The minimum Gasteiger partial charge on any atom is -0.481 e. The Bertz CT molecular complexity index is 1440. The van der Waals surface area contributed by atoms with Crippen molar-refractivity contribution in [3.05, 3.63) is 35.9 Å². The molecule has 0 aliphatic rings. The Hall–Kier alpha value is -5.63. The molecule has 294 valence electrons. The lowest BCUT2D eigenvalue weighted by Crippen LogP contribution is -2.58. The van der Waals surface area contributed by atoms with Gasteiger partial charge in [-0.2, -0.15) is 0 Å². The highest BCUT2D eigenvalue weighted by Crippen LogP contribution is 2.08. The van der Waals surface area contributed by atoms with Gasteiger partial charge in [-0.15, -0.1) is 0 Å². The molecule has 0 fully saturated rings. The summed E-state index contributed by atoms with van der Waals surface area (Å²) in [4.78, 5) is 112. The molecule has 0 spiro atoms. The van der Waals surface area contributed by atoms with Crippen LogP contribution in [-0.2, 0) is 49.6 Å². The molecule has 0 bridgehead atoms. The van der Waals surface area contributed by atoms with Crippen LogP contribution >= 0.6 is 0 Å². The van der Waals surface area contributed by atoms with Crippen molar-refractivity contribution in [2.24, 2.45) is 17.2 Å². The van der Waals surface area contributed by atoms with E-state index in [9.17, 15) is 53.4 Å². The van der Waals surface area contributed by atoms with Crippen LogP contribution in [0, 0.1) is 0 Å². The van der Waals surface area contributed by atoms with Gasteiger partial charge in [-0.1, -0.05) is 30.3 Å². The molecule has 0 aliphatic carbocycles. The summed E-state index contributed by atoms with van der Waals surface area (Å²) in [7, 11) is 0. The van der Waals surface area contributed by atoms with Crippen molar-refractivity contribution in [3.63, 3.8) is 0 Å². The molecule has 0 aliphatic heterocycles. The van der Waals surface area contributed by atoms with Crippen LogP contribution in [0.2, 0.25) is 0 Å². The number of carbonyl (C=O) groups is 9. The second-order valence-electron chi connectivity index (χ2n) is 12.2. The highest BCUT2D eigenvalue weighted by molar-refractivity contribution is 5.96. The fraction of sp³-hybridized carbons (Fsp3) is 0.545. The molecule has 6 atom stereocenters. The van der Waals surface area contributed by atoms with Crippen LogP contribution in [0.25, 0.3) is 0 Å². The summed E-state index contributed by atoms with van der Waals surface area (Å²) in [6.07, 6.45) is -0.624. The molecule has 0 radical (unpaired) electrons. The predicted octanol–water partition coefficient (Wildman–Crippen LogP) is -3.52. The highest BCUT2D eigenvalue weighted by atomic mass is 16.4. The molecule has 14 N–H and O–H groups in total. The summed E-state index contributed by atoms with van der Waals surface area (Å²) in [5.74, 6) is -8.36. The first-order valence-corrected chi connectivity index (χ1v) is 17.0. The predicted molar refractivity (Wildman–Crippen MR) is 188 cm³/mol. The number of aliphatic carboxylic acids is 2. The molecule has 1 aromatic carbocycles. The number of carboxylic acids is 2. The summed E-state index contributed by atoms with van der Waals surface area (Å²) in [5.41, 5.74) is 16.6. The number of amides is 7. The van der Waals surface area contributed by atoms with E-state index in [1.807, 2.05) is 0 Å². The molecule has 0 saturated heterocycles. The van der Waals surface area contributed by atoms with Crippen molar-refractivity contribution in [2.45, 2.75) is 101 Å². The van der Waals surface area contributed by atoms with Gasteiger partial charge < -0.3 is 59.3 Å². The number of benzene rings is 1. The quantitative estimate of drug-likeness (QED) is 0.0433. The Morgan fingerprint density at radius 1 is 0.604 bits per heavy atom. The zero-order chi connectivity index (χ0) is 40.1. The number of hydrogen-bond acceptors (Lipinski definition) is 11. The van der Waals surface area contributed by atoms with E-state index in [0.29, 0.717) is 18.4 Å². The van der Waals surface area contributed by atoms with E-state index in [4.69, 9.17) is 17.2 Å². The maximum Gasteiger partial charge on any atom is 0.326 e. The van der Waals surface area contributed by atoms with E-state index < -0.39 is 109 Å². The van der Waals surface area contributed by atoms with Gasteiger partial charge in [0.15, 0.2) is 0 Å². The van der Waals surface area contributed by atoms with Crippen LogP contribution in [-0.4, -0.2) is 113 Å². The Morgan fingerprint density at radius 2 is 1.08 bits per heavy atom. The molecule has 0 heterocycles. The Balaban J connectivity index is 3.04. The normalized spacial score (nSPS) is 14.1. The fourth-order valence-corrected chi connectivity index (χ4v) is 4.78. The second kappa shape index (κ2) is 23.8. The van der Waals surface area contributed by atoms with Gasteiger partial charge in [-0.25, -0.2) is 4.79 Å². The highest BCUT2D eigenvalue weighted by Gasteiger charge is 2.32. The third kappa shape index (κ3) is 17.9. The summed E-state index contributed by atoms with van der Waals surface area (Å²) in [5, 5.41) is 33.3. The summed E-state index contributed by atoms with van der Waals surface area (Å²) in [6, 6.07) is 0.506. The Labute approximate surface area is 306 Å². The van der Waals surface area contributed by atoms with Crippen LogP contribution in [0.4, 0.5) is 0 Å². The van der Waals surface area contributed by atoms with Gasteiger partial charge in [-0.05, 0) is 58.1 Å². The minimum atomic E-state index is -1.49. The number of carboxylic acid groups (broad SMARTS) is 2.